The van der Waals surface area contributed by atoms with Crippen molar-refractivity contribution in [2.75, 3.05) is 29.9 Å². The Morgan fingerprint density at radius 2 is 1.84 bits per heavy atom. The van der Waals surface area contributed by atoms with Crippen molar-refractivity contribution in [1.82, 2.24) is 5.32 Å². The topological polar surface area (TPSA) is 44.4 Å². The zero-order valence-electron chi connectivity index (χ0n) is 15.1. The predicted molar refractivity (Wildman–Crippen MR) is 107 cm³/mol. The molecule has 0 spiro atoms. The van der Waals surface area contributed by atoms with Gasteiger partial charge in [-0.15, -0.1) is 0 Å². The monoisotopic (exact) mass is 359 g/mol. The molecule has 0 heterocycles. The van der Waals surface area contributed by atoms with Gasteiger partial charge in [0.15, 0.2) is 0 Å². The first-order chi connectivity index (χ1) is 12.0. The minimum atomic E-state index is -0.203. The molecule has 0 bridgehead atoms. The molecule has 2 amide bonds. The fourth-order valence-corrected chi connectivity index (χ4v) is 2.98. The average molecular weight is 360 g/mol. The first-order valence-electron chi connectivity index (χ1n) is 8.69. The zero-order valence-corrected chi connectivity index (χ0v) is 15.9. The number of aryl methyl sites for hydroxylation is 1. The predicted octanol–water partition coefficient (Wildman–Crippen LogP) is 4.86. The molecule has 0 aliphatic rings. The maximum atomic E-state index is 12.1. The van der Waals surface area contributed by atoms with Crippen LogP contribution in [-0.2, 0) is 6.42 Å². The zero-order chi connectivity index (χ0) is 18.2. The number of nitrogens with zero attached hydrogens (tertiary/aromatic N) is 1. The van der Waals surface area contributed by atoms with E-state index in [2.05, 4.69) is 35.4 Å². The number of carbonyl (C=O) groups excluding carboxylic acids is 1. The van der Waals surface area contributed by atoms with Crippen LogP contribution in [-0.4, -0.2) is 25.7 Å². The van der Waals surface area contributed by atoms with E-state index in [1.807, 2.05) is 43.3 Å². The van der Waals surface area contributed by atoms with E-state index in [-0.39, 0.29) is 6.03 Å². The molecule has 0 saturated heterocycles. The number of anilines is 2. The summed E-state index contributed by atoms with van der Waals surface area (Å²) in [6, 6.07) is 13.6. The Hall–Kier alpha value is -2.20. The fourth-order valence-electron chi connectivity index (χ4n) is 2.75. The smallest absolute Gasteiger partial charge is 0.319 e. The second kappa shape index (κ2) is 9.33. The lowest BCUT2D eigenvalue weighted by Crippen LogP contribution is -2.30. The Kier molecular flexibility index (Phi) is 7.14. The second-order valence-corrected chi connectivity index (χ2v) is 6.30. The van der Waals surface area contributed by atoms with Crippen molar-refractivity contribution in [3.63, 3.8) is 0 Å². The SMILES string of the molecule is CCN(CC)c1ccc(NC(=O)NCCc2ccccc2Cl)c(C)c1. The Morgan fingerprint density at radius 1 is 1.12 bits per heavy atom. The van der Waals surface area contributed by atoms with Gasteiger partial charge >= 0.3 is 6.03 Å². The quantitative estimate of drug-likeness (QED) is 0.741. The number of halogens is 1. The fraction of sp³-hybridized carbons (Fsp3) is 0.350. The minimum Gasteiger partial charge on any atom is -0.372 e. The Bertz CT molecular complexity index is 714. The molecule has 0 atom stereocenters. The maximum absolute atomic E-state index is 12.1. The van der Waals surface area contributed by atoms with Crippen molar-refractivity contribution in [3.8, 4) is 0 Å². The number of amides is 2. The number of benzene rings is 2. The molecule has 134 valence electrons. The number of nitrogens with one attached hydrogen (secondary N) is 2. The van der Waals surface area contributed by atoms with E-state index in [4.69, 9.17) is 11.6 Å². The lowest BCUT2D eigenvalue weighted by molar-refractivity contribution is 0.252. The average Bonchev–Trinajstić information content (AvgIpc) is 2.60. The van der Waals surface area contributed by atoms with E-state index < -0.39 is 0 Å². The van der Waals surface area contributed by atoms with Crippen LogP contribution in [0.3, 0.4) is 0 Å². The van der Waals surface area contributed by atoms with Crippen molar-refractivity contribution < 1.29 is 4.79 Å². The summed E-state index contributed by atoms with van der Waals surface area (Å²) in [6.07, 6.45) is 0.701. The van der Waals surface area contributed by atoms with Gasteiger partial charge in [0.05, 0.1) is 0 Å². The number of hydrogen-bond acceptors (Lipinski definition) is 2. The molecule has 0 saturated carbocycles. The molecular formula is C20H26ClN3O. The molecule has 5 heteroatoms. The summed E-state index contributed by atoms with van der Waals surface area (Å²) in [6.45, 7) is 8.74. The van der Waals surface area contributed by atoms with Gasteiger partial charge in [0.25, 0.3) is 0 Å². The molecule has 2 aromatic rings. The second-order valence-electron chi connectivity index (χ2n) is 5.89. The summed E-state index contributed by atoms with van der Waals surface area (Å²) in [5.41, 5.74) is 4.08. The molecule has 0 aliphatic heterocycles. The third-order valence-electron chi connectivity index (χ3n) is 4.22. The normalized spacial score (nSPS) is 10.4. The highest BCUT2D eigenvalue weighted by Crippen LogP contribution is 2.22. The molecule has 2 rings (SSSR count). The van der Waals surface area contributed by atoms with Gasteiger partial charge in [-0.3, -0.25) is 0 Å². The molecule has 0 unspecified atom stereocenters. The summed E-state index contributed by atoms with van der Waals surface area (Å²) in [5, 5.41) is 6.52. The highest BCUT2D eigenvalue weighted by molar-refractivity contribution is 6.31. The van der Waals surface area contributed by atoms with Crippen LogP contribution < -0.4 is 15.5 Å². The van der Waals surface area contributed by atoms with E-state index in [0.29, 0.717) is 13.0 Å². The van der Waals surface area contributed by atoms with Crippen molar-refractivity contribution in [2.24, 2.45) is 0 Å². The van der Waals surface area contributed by atoms with Crippen LogP contribution >= 0.6 is 11.6 Å². The Balaban J connectivity index is 1.89. The van der Waals surface area contributed by atoms with E-state index in [9.17, 15) is 4.79 Å². The Morgan fingerprint density at radius 3 is 2.48 bits per heavy atom. The highest BCUT2D eigenvalue weighted by atomic mass is 35.5. The first-order valence-corrected chi connectivity index (χ1v) is 9.06. The number of carbonyl (C=O) groups is 1. The van der Waals surface area contributed by atoms with Gasteiger partial charge in [0, 0.05) is 36.0 Å². The van der Waals surface area contributed by atoms with Crippen LogP contribution in [0, 0.1) is 6.92 Å². The lowest BCUT2D eigenvalue weighted by atomic mass is 10.1. The molecule has 0 aliphatic carbocycles. The maximum Gasteiger partial charge on any atom is 0.319 e. The molecule has 4 nitrogen and oxygen atoms in total. The summed E-state index contributed by atoms with van der Waals surface area (Å²) in [5.74, 6) is 0. The van der Waals surface area contributed by atoms with E-state index in [1.165, 1.54) is 5.69 Å². The van der Waals surface area contributed by atoms with Gasteiger partial charge in [-0.25, -0.2) is 4.79 Å². The summed E-state index contributed by atoms with van der Waals surface area (Å²) in [4.78, 5) is 14.4. The standard InChI is InChI=1S/C20H26ClN3O/c1-4-24(5-2)17-10-11-19(15(3)14-17)23-20(25)22-13-12-16-8-6-7-9-18(16)21/h6-11,14H,4-5,12-13H2,1-3H3,(H2,22,23,25). The molecule has 2 N–H and O–H groups in total. The lowest BCUT2D eigenvalue weighted by Gasteiger charge is -2.22. The third-order valence-corrected chi connectivity index (χ3v) is 4.59. The number of urea groups is 1. The van der Waals surface area contributed by atoms with Crippen LogP contribution in [0.5, 0.6) is 0 Å². The summed E-state index contributed by atoms with van der Waals surface area (Å²) >= 11 is 6.12. The summed E-state index contributed by atoms with van der Waals surface area (Å²) < 4.78 is 0. The first kappa shape index (κ1) is 19.1. The van der Waals surface area contributed by atoms with Crippen molar-refractivity contribution in [1.29, 1.82) is 0 Å². The van der Waals surface area contributed by atoms with E-state index in [1.54, 1.807) is 0 Å². The third kappa shape index (κ3) is 5.40. The van der Waals surface area contributed by atoms with Gasteiger partial charge in [-0.05, 0) is 62.6 Å². The molecule has 0 aromatic heterocycles. The van der Waals surface area contributed by atoms with Gasteiger partial charge in [-0.1, -0.05) is 29.8 Å². The molecule has 0 radical (unpaired) electrons. The Labute approximate surface area is 155 Å². The largest absolute Gasteiger partial charge is 0.372 e. The summed E-state index contributed by atoms with van der Waals surface area (Å²) in [7, 11) is 0. The number of hydrogen-bond donors (Lipinski definition) is 2. The molecule has 0 fully saturated rings. The number of rotatable bonds is 7. The van der Waals surface area contributed by atoms with Crippen molar-refractivity contribution >= 4 is 29.0 Å². The van der Waals surface area contributed by atoms with Crippen molar-refractivity contribution in [2.45, 2.75) is 27.2 Å². The van der Waals surface area contributed by atoms with Crippen LogP contribution in [0.2, 0.25) is 5.02 Å². The van der Waals surface area contributed by atoms with Crippen LogP contribution in [0.1, 0.15) is 25.0 Å². The van der Waals surface area contributed by atoms with Gasteiger partial charge in [0.2, 0.25) is 0 Å². The van der Waals surface area contributed by atoms with Crippen LogP contribution in [0.15, 0.2) is 42.5 Å². The van der Waals surface area contributed by atoms with Gasteiger partial charge in [-0.2, -0.15) is 0 Å². The minimum absolute atomic E-state index is 0.203. The highest BCUT2D eigenvalue weighted by Gasteiger charge is 2.08. The molecule has 2 aromatic carbocycles. The van der Waals surface area contributed by atoms with Gasteiger partial charge < -0.3 is 15.5 Å². The molecule has 25 heavy (non-hydrogen) atoms. The molecular weight excluding hydrogens is 334 g/mol. The van der Waals surface area contributed by atoms with Crippen molar-refractivity contribution in [3.05, 3.63) is 58.6 Å². The van der Waals surface area contributed by atoms with Crippen LogP contribution in [0.25, 0.3) is 0 Å². The van der Waals surface area contributed by atoms with E-state index in [0.717, 1.165) is 34.9 Å². The van der Waals surface area contributed by atoms with Gasteiger partial charge in [0.1, 0.15) is 0 Å². The van der Waals surface area contributed by atoms with E-state index >= 15 is 0 Å². The van der Waals surface area contributed by atoms with Crippen LogP contribution in [0.4, 0.5) is 16.2 Å².